The van der Waals surface area contributed by atoms with Gasteiger partial charge >= 0.3 is 6.09 Å². The molecule has 162 valence electrons. The van der Waals surface area contributed by atoms with Crippen LogP contribution in [0.3, 0.4) is 0 Å². The van der Waals surface area contributed by atoms with Crippen molar-refractivity contribution < 1.29 is 24.2 Å². The van der Waals surface area contributed by atoms with Gasteiger partial charge in [0.2, 0.25) is 5.91 Å². The molecule has 1 aliphatic heterocycles. The van der Waals surface area contributed by atoms with E-state index in [1.807, 2.05) is 17.0 Å². The van der Waals surface area contributed by atoms with Crippen molar-refractivity contribution in [1.29, 1.82) is 10.5 Å². The minimum Gasteiger partial charge on any atom is -0.465 e. The Labute approximate surface area is 183 Å². The van der Waals surface area contributed by atoms with Crippen LogP contribution in [0.4, 0.5) is 21.9 Å². The summed E-state index contributed by atoms with van der Waals surface area (Å²) in [5.41, 5.74) is 1.41. The van der Waals surface area contributed by atoms with E-state index < -0.39 is 24.2 Å². The van der Waals surface area contributed by atoms with Crippen molar-refractivity contribution in [2.45, 2.75) is 6.42 Å². The average molecular weight is 433 g/mol. The number of rotatable bonds is 6. The van der Waals surface area contributed by atoms with Gasteiger partial charge in [-0.1, -0.05) is 12.1 Å². The summed E-state index contributed by atoms with van der Waals surface area (Å²) in [6, 6.07) is 12.8. The maximum atomic E-state index is 12.6. The molecule has 0 saturated carbocycles. The molecule has 1 aliphatic rings. The van der Waals surface area contributed by atoms with Crippen LogP contribution in [0.25, 0.3) is 0 Å². The molecule has 1 fully saturated rings. The van der Waals surface area contributed by atoms with Crippen LogP contribution in [0.5, 0.6) is 0 Å². The Bertz CT molecular complexity index is 1140. The first-order valence-corrected chi connectivity index (χ1v) is 9.65. The van der Waals surface area contributed by atoms with Gasteiger partial charge in [-0.3, -0.25) is 14.9 Å². The van der Waals surface area contributed by atoms with Crippen molar-refractivity contribution in [1.82, 2.24) is 0 Å². The molecule has 0 bridgehead atoms. The summed E-state index contributed by atoms with van der Waals surface area (Å²) in [5.74, 6) is -1.15. The van der Waals surface area contributed by atoms with Crippen LogP contribution in [0.1, 0.15) is 27.9 Å². The number of amides is 2. The van der Waals surface area contributed by atoms with Crippen molar-refractivity contribution in [2.75, 3.05) is 41.8 Å². The maximum Gasteiger partial charge on any atom is 0.409 e. The molecular formula is C22H19N5O5. The van der Waals surface area contributed by atoms with Crippen LogP contribution in [0, 0.1) is 22.7 Å². The Morgan fingerprint density at radius 1 is 1.03 bits per heavy atom. The van der Waals surface area contributed by atoms with Crippen LogP contribution in [0.2, 0.25) is 0 Å². The van der Waals surface area contributed by atoms with Gasteiger partial charge in [0, 0.05) is 18.7 Å². The summed E-state index contributed by atoms with van der Waals surface area (Å²) in [6.07, 6.45) is -1.87. The van der Waals surface area contributed by atoms with Crippen LogP contribution in [-0.4, -0.2) is 49.2 Å². The molecule has 1 heterocycles. The lowest BCUT2D eigenvalue weighted by atomic mass is 10.0. The zero-order valence-electron chi connectivity index (χ0n) is 16.9. The summed E-state index contributed by atoms with van der Waals surface area (Å²) < 4.78 is 5.33. The van der Waals surface area contributed by atoms with Crippen molar-refractivity contribution in [2.24, 2.45) is 0 Å². The minimum atomic E-state index is -1.37. The second kappa shape index (κ2) is 10.1. The van der Waals surface area contributed by atoms with Gasteiger partial charge in [-0.2, -0.15) is 10.5 Å². The van der Waals surface area contributed by atoms with E-state index in [1.54, 1.807) is 12.1 Å². The number of hydrogen-bond acceptors (Lipinski definition) is 7. The molecule has 3 rings (SSSR count). The zero-order chi connectivity index (χ0) is 23.1. The van der Waals surface area contributed by atoms with E-state index in [0.29, 0.717) is 37.6 Å². The lowest BCUT2D eigenvalue weighted by molar-refractivity contribution is -0.115. The highest BCUT2D eigenvalue weighted by Gasteiger charge is 2.20. The number of ether oxygens (including phenoxy) is 1. The van der Waals surface area contributed by atoms with E-state index in [2.05, 4.69) is 10.6 Å². The molecule has 0 radical (unpaired) electrons. The fourth-order valence-corrected chi connectivity index (χ4v) is 3.27. The summed E-state index contributed by atoms with van der Waals surface area (Å²) >= 11 is 0. The SMILES string of the molecule is N#Cc1cccc(C(=O)CC(=O)Nc2cc(N3CCOCC3)c(C#N)cc2NC(=O)O)c1. The average Bonchev–Trinajstić information content (AvgIpc) is 2.80. The number of hydrogen-bond donors (Lipinski definition) is 3. The number of morpholine rings is 1. The molecule has 2 aromatic rings. The van der Waals surface area contributed by atoms with Gasteiger partial charge in [-0.05, 0) is 24.3 Å². The molecule has 32 heavy (non-hydrogen) atoms. The highest BCUT2D eigenvalue weighted by atomic mass is 16.5. The van der Waals surface area contributed by atoms with Gasteiger partial charge in [-0.25, -0.2) is 4.79 Å². The molecule has 2 amide bonds. The van der Waals surface area contributed by atoms with Crippen LogP contribution in [0.15, 0.2) is 36.4 Å². The van der Waals surface area contributed by atoms with Crippen LogP contribution >= 0.6 is 0 Å². The largest absolute Gasteiger partial charge is 0.465 e. The van der Waals surface area contributed by atoms with E-state index in [1.165, 1.54) is 24.3 Å². The minimum absolute atomic E-state index is 0.0123. The van der Waals surface area contributed by atoms with Crippen LogP contribution in [-0.2, 0) is 9.53 Å². The fraction of sp³-hybridized carbons (Fsp3) is 0.227. The third-order valence-corrected chi connectivity index (χ3v) is 4.76. The quantitative estimate of drug-likeness (QED) is 0.464. The second-order valence-electron chi connectivity index (χ2n) is 6.90. The first kappa shape index (κ1) is 22.3. The Hall–Kier alpha value is -4.41. The first-order valence-electron chi connectivity index (χ1n) is 9.65. The number of nitrogens with one attached hydrogen (secondary N) is 2. The standard InChI is InChI=1S/C22H19N5O5/c23-12-14-2-1-3-15(8-14)20(28)11-21(29)25-18-10-19(27-4-6-32-7-5-27)16(13-24)9-17(18)26-22(30)31/h1-3,8-10,26H,4-7,11H2,(H,25,29)(H,30,31). The Morgan fingerprint density at radius 2 is 1.75 bits per heavy atom. The van der Waals surface area contributed by atoms with Crippen molar-refractivity contribution >= 4 is 34.8 Å². The molecule has 0 aliphatic carbocycles. The third-order valence-electron chi connectivity index (χ3n) is 4.76. The summed E-state index contributed by atoms with van der Waals surface area (Å²) in [7, 11) is 0. The molecule has 10 nitrogen and oxygen atoms in total. The number of nitrogens with zero attached hydrogens (tertiary/aromatic N) is 3. The van der Waals surface area contributed by atoms with Gasteiger partial charge < -0.3 is 20.1 Å². The molecule has 10 heteroatoms. The number of carboxylic acid groups (broad SMARTS) is 1. The summed E-state index contributed by atoms with van der Waals surface area (Å²) in [6.45, 7) is 2.00. The monoisotopic (exact) mass is 433 g/mol. The van der Waals surface area contributed by atoms with E-state index in [0.717, 1.165) is 0 Å². The number of nitriles is 2. The Morgan fingerprint density at radius 3 is 2.41 bits per heavy atom. The lowest BCUT2D eigenvalue weighted by Gasteiger charge is -2.30. The van der Waals surface area contributed by atoms with Gasteiger partial charge in [0.15, 0.2) is 5.78 Å². The molecule has 1 saturated heterocycles. The normalized spacial score (nSPS) is 12.9. The molecule has 0 unspecified atom stereocenters. The zero-order valence-corrected chi connectivity index (χ0v) is 16.9. The first-order chi connectivity index (χ1) is 15.4. The van der Waals surface area contributed by atoms with E-state index in [9.17, 15) is 19.6 Å². The van der Waals surface area contributed by atoms with E-state index in [-0.39, 0.29) is 22.5 Å². The van der Waals surface area contributed by atoms with E-state index in [4.69, 9.17) is 15.1 Å². The topological polar surface area (TPSA) is 156 Å². The highest BCUT2D eigenvalue weighted by molar-refractivity contribution is 6.12. The van der Waals surface area contributed by atoms with Crippen molar-refractivity contribution in [3.05, 3.63) is 53.1 Å². The van der Waals surface area contributed by atoms with Gasteiger partial charge in [0.25, 0.3) is 0 Å². The Kier molecular flexibility index (Phi) is 7.01. The molecule has 2 aromatic carbocycles. The third kappa shape index (κ3) is 5.39. The van der Waals surface area contributed by atoms with Crippen molar-refractivity contribution in [3.63, 3.8) is 0 Å². The van der Waals surface area contributed by atoms with Crippen molar-refractivity contribution in [3.8, 4) is 12.1 Å². The summed E-state index contributed by atoms with van der Waals surface area (Å²) in [4.78, 5) is 38.1. The molecule has 0 aromatic heterocycles. The maximum absolute atomic E-state index is 12.6. The smallest absolute Gasteiger partial charge is 0.409 e. The number of benzene rings is 2. The van der Waals surface area contributed by atoms with Gasteiger partial charge in [-0.15, -0.1) is 0 Å². The summed E-state index contributed by atoms with van der Waals surface area (Å²) in [5, 5.41) is 32.4. The fourth-order valence-electron chi connectivity index (χ4n) is 3.27. The molecule has 3 N–H and O–H groups in total. The predicted molar refractivity (Wildman–Crippen MR) is 115 cm³/mol. The molecule has 0 atom stereocenters. The van der Waals surface area contributed by atoms with Gasteiger partial charge in [0.05, 0.1) is 53.9 Å². The number of carbonyl (C=O) groups excluding carboxylic acids is 2. The molecular weight excluding hydrogens is 414 g/mol. The van der Waals surface area contributed by atoms with Gasteiger partial charge in [0.1, 0.15) is 6.07 Å². The predicted octanol–water partition coefficient (Wildman–Crippen LogP) is 2.57. The molecule has 0 spiro atoms. The number of Topliss-reactive ketones (excluding diaryl/α,β-unsaturated/α-hetero) is 1. The number of ketones is 1. The second-order valence-corrected chi connectivity index (χ2v) is 6.90. The number of carbonyl (C=O) groups is 3. The number of anilines is 3. The van der Waals surface area contributed by atoms with E-state index >= 15 is 0 Å². The Balaban J connectivity index is 1.86. The lowest BCUT2D eigenvalue weighted by Crippen LogP contribution is -2.36. The van der Waals surface area contributed by atoms with Crippen LogP contribution < -0.4 is 15.5 Å². The highest BCUT2D eigenvalue weighted by Crippen LogP contribution is 2.32.